The third-order valence-electron chi connectivity index (χ3n) is 7.66. The molecular formula is C34H29N7O6. The molecule has 0 saturated carbocycles. The summed E-state index contributed by atoms with van der Waals surface area (Å²) in [6, 6.07) is 20.6. The number of hydrogen-bond donors (Lipinski definition) is 2. The van der Waals surface area contributed by atoms with Crippen LogP contribution in [-0.2, 0) is 9.59 Å². The van der Waals surface area contributed by atoms with Crippen molar-refractivity contribution in [3.8, 4) is 0 Å². The second-order valence-electron chi connectivity index (χ2n) is 10.7. The number of aliphatic imine (C=N–C) groups is 2. The van der Waals surface area contributed by atoms with Gasteiger partial charge in [0.1, 0.15) is 0 Å². The van der Waals surface area contributed by atoms with E-state index in [4.69, 9.17) is 0 Å². The first-order valence-corrected chi connectivity index (χ1v) is 14.3. The standard InChI is InChI=1S/C34H29N7O6/c1-21-10-13-24(35-19-42)16-28(21)39-32(45)40(29-17-25(36-20-43)14-11-22(29)2)34(47)41(33(39)46)30-18-26(15-12-23(30)3)37-31(44)38(4)27-8-6-5-7-9-27/h5-18,33,46H,1-4H3,(H,37,44). The van der Waals surface area contributed by atoms with Crippen molar-refractivity contribution in [2.75, 3.05) is 32.0 Å². The molecule has 0 spiro atoms. The number of urea groups is 3. The number of amides is 6. The summed E-state index contributed by atoms with van der Waals surface area (Å²) >= 11 is 0. The molecule has 1 unspecified atom stereocenters. The lowest BCUT2D eigenvalue weighted by Crippen LogP contribution is -2.68. The van der Waals surface area contributed by atoms with Crippen LogP contribution in [0.3, 0.4) is 0 Å². The monoisotopic (exact) mass is 631 g/mol. The fourth-order valence-electron chi connectivity index (χ4n) is 5.13. The highest BCUT2D eigenvalue weighted by Gasteiger charge is 2.47. The van der Waals surface area contributed by atoms with Crippen LogP contribution in [0.2, 0.25) is 0 Å². The Hall–Kier alpha value is -6.39. The van der Waals surface area contributed by atoms with Crippen molar-refractivity contribution in [2.24, 2.45) is 9.98 Å². The van der Waals surface area contributed by atoms with Gasteiger partial charge in [0.25, 0.3) is 0 Å². The van der Waals surface area contributed by atoms with E-state index in [0.29, 0.717) is 28.1 Å². The van der Waals surface area contributed by atoms with E-state index in [0.717, 1.165) is 14.7 Å². The molecule has 2 N–H and O–H groups in total. The summed E-state index contributed by atoms with van der Waals surface area (Å²) in [6.45, 7) is 5.06. The molecule has 4 aromatic carbocycles. The van der Waals surface area contributed by atoms with E-state index in [9.17, 15) is 29.1 Å². The van der Waals surface area contributed by atoms with E-state index < -0.39 is 24.4 Å². The molecule has 1 aliphatic rings. The molecule has 47 heavy (non-hydrogen) atoms. The lowest BCUT2D eigenvalue weighted by atomic mass is 10.1. The van der Waals surface area contributed by atoms with Crippen molar-refractivity contribution < 1.29 is 29.1 Å². The molecule has 0 bridgehead atoms. The van der Waals surface area contributed by atoms with Crippen molar-refractivity contribution in [3.05, 3.63) is 102 Å². The molecule has 4 aromatic rings. The van der Waals surface area contributed by atoms with Crippen molar-refractivity contribution in [1.29, 1.82) is 0 Å². The molecule has 1 saturated heterocycles. The molecule has 0 aromatic heterocycles. The zero-order valence-corrected chi connectivity index (χ0v) is 25.8. The topological polar surface area (TPSA) is 155 Å². The molecule has 1 fully saturated rings. The van der Waals surface area contributed by atoms with E-state index in [1.165, 1.54) is 41.3 Å². The number of nitrogens with zero attached hydrogens (tertiary/aromatic N) is 6. The first-order chi connectivity index (χ1) is 22.5. The van der Waals surface area contributed by atoms with Crippen molar-refractivity contribution in [2.45, 2.75) is 27.1 Å². The van der Waals surface area contributed by atoms with E-state index in [2.05, 4.69) is 15.3 Å². The van der Waals surface area contributed by atoms with Gasteiger partial charge in [0.15, 0.2) is 0 Å². The summed E-state index contributed by atoms with van der Waals surface area (Å²) in [5.74, 6) is 0. The maximum absolute atomic E-state index is 14.3. The summed E-state index contributed by atoms with van der Waals surface area (Å²) in [6.07, 6.45) is 1.03. The molecule has 0 radical (unpaired) electrons. The second kappa shape index (κ2) is 13.3. The summed E-state index contributed by atoms with van der Waals surface area (Å²) in [4.78, 5) is 75.3. The molecule has 13 nitrogen and oxygen atoms in total. The quantitative estimate of drug-likeness (QED) is 0.174. The van der Waals surface area contributed by atoms with Gasteiger partial charge in [-0.2, -0.15) is 9.98 Å². The minimum Gasteiger partial charge on any atom is -0.356 e. The third-order valence-corrected chi connectivity index (χ3v) is 7.66. The highest BCUT2D eigenvalue weighted by Crippen LogP contribution is 2.38. The Balaban J connectivity index is 1.64. The number of imide groups is 1. The van der Waals surface area contributed by atoms with Crippen LogP contribution in [0.25, 0.3) is 0 Å². The fourth-order valence-corrected chi connectivity index (χ4v) is 5.13. The number of carbonyl (C=O) groups is 3. The lowest BCUT2D eigenvalue weighted by molar-refractivity contribution is 0.155. The molecule has 6 amide bonds. The zero-order valence-electron chi connectivity index (χ0n) is 25.8. The molecule has 0 aliphatic carbocycles. The smallest absolute Gasteiger partial charge is 0.340 e. The summed E-state index contributed by atoms with van der Waals surface area (Å²) < 4.78 is 0. The average molecular weight is 632 g/mol. The van der Waals surface area contributed by atoms with Gasteiger partial charge < -0.3 is 10.4 Å². The Morgan fingerprint density at radius 2 is 1.23 bits per heavy atom. The maximum atomic E-state index is 14.3. The maximum Gasteiger partial charge on any atom is 0.340 e. The van der Waals surface area contributed by atoms with Crippen molar-refractivity contribution in [1.82, 2.24) is 0 Å². The minimum atomic E-state index is -1.88. The van der Waals surface area contributed by atoms with Crippen LogP contribution in [0.5, 0.6) is 0 Å². The molecular weight excluding hydrogens is 602 g/mol. The number of hydrogen-bond acceptors (Lipinski definition) is 8. The van der Waals surface area contributed by atoms with Gasteiger partial charge in [0, 0.05) is 18.4 Å². The largest absolute Gasteiger partial charge is 0.356 e. The van der Waals surface area contributed by atoms with Gasteiger partial charge in [-0.1, -0.05) is 36.4 Å². The Morgan fingerprint density at radius 3 is 1.79 bits per heavy atom. The van der Waals surface area contributed by atoms with Crippen molar-refractivity contribution >= 4 is 70.1 Å². The number of nitrogens with one attached hydrogen (secondary N) is 1. The van der Waals surface area contributed by atoms with E-state index >= 15 is 0 Å². The van der Waals surface area contributed by atoms with Crippen LogP contribution in [0.1, 0.15) is 16.7 Å². The average Bonchev–Trinajstić information content (AvgIpc) is 3.05. The number of aliphatic hydroxyl groups excluding tert-OH is 1. The fraction of sp³-hybridized carbons (Fsp3) is 0.147. The Morgan fingerprint density at radius 1 is 0.745 bits per heavy atom. The van der Waals surface area contributed by atoms with Crippen LogP contribution < -0.4 is 24.9 Å². The Labute approximate surface area is 269 Å². The number of rotatable bonds is 7. The number of isocyanates is 2. The molecule has 236 valence electrons. The van der Waals surface area contributed by atoms with Gasteiger partial charge in [-0.05, 0) is 86.0 Å². The first-order valence-electron chi connectivity index (χ1n) is 14.3. The normalized spacial score (nSPS) is 14.3. The number of carbonyl (C=O) groups excluding carboxylic acids is 5. The van der Waals surface area contributed by atoms with Crippen LogP contribution in [-0.4, -0.2) is 48.8 Å². The van der Waals surface area contributed by atoms with Crippen LogP contribution in [0.15, 0.2) is 94.9 Å². The summed E-state index contributed by atoms with van der Waals surface area (Å²) in [5.41, 5.74) is 3.27. The highest BCUT2D eigenvalue weighted by molar-refractivity contribution is 6.26. The predicted octanol–water partition coefficient (Wildman–Crippen LogP) is 6.56. The number of aryl methyl sites for hydroxylation is 3. The zero-order chi connectivity index (χ0) is 33.8. The Bertz CT molecular complexity index is 1990. The van der Waals surface area contributed by atoms with Gasteiger partial charge in [-0.25, -0.2) is 38.7 Å². The van der Waals surface area contributed by atoms with Gasteiger partial charge in [-0.3, -0.25) is 4.90 Å². The molecule has 1 aliphatic heterocycles. The van der Waals surface area contributed by atoms with Gasteiger partial charge >= 0.3 is 18.1 Å². The third kappa shape index (κ3) is 6.26. The predicted molar refractivity (Wildman–Crippen MR) is 177 cm³/mol. The van der Waals surface area contributed by atoms with E-state index in [1.807, 2.05) is 6.07 Å². The molecule has 13 heteroatoms. The minimum absolute atomic E-state index is 0.102. The van der Waals surface area contributed by atoms with Gasteiger partial charge in [0.05, 0.1) is 28.4 Å². The van der Waals surface area contributed by atoms with Crippen molar-refractivity contribution in [3.63, 3.8) is 0 Å². The second-order valence-corrected chi connectivity index (χ2v) is 10.7. The van der Waals surface area contributed by atoms with E-state index in [-0.39, 0.29) is 28.4 Å². The Kier molecular flexibility index (Phi) is 9.07. The van der Waals surface area contributed by atoms with Gasteiger partial charge in [-0.15, -0.1) is 0 Å². The number of para-hydroxylation sites is 1. The number of benzene rings is 4. The lowest BCUT2D eigenvalue weighted by Gasteiger charge is -2.45. The van der Waals surface area contributed by atoms with Crippen LogP contribution in [0.4, 0.5) is 54.2 Å². The highest BCUT2D eigenvalue weighted by atomic mass is 16.3. The van der Waals surface area contributed by atoms with Gasteiger partial charge in [0.2, 0.25) is 18.5 Å². The SMILES string of the molecule is Cc1ccc(N=C=O)cc1N1C(=O)N(c2cc(N=C=O)ccc2C)C(O)N(c2cc(NC(=O)N(C)c3ccccc3)ccc2C)C1=O. The van der Waals surface area contributed by atoms with Crippen LogP contribution in [0, 0.1) is 20.8 Å². The number of anilines is 5. The number of aliphatic hydroxyl groups is 1. The van der Waals surface area contributed by atoms with Crippen LogP contribution >= 0.6 is 0 Å². The van der Waals surface area contributed by atoms with E-state index in [1.54, 1.807) is 82.4 Å². The summed E-state index contributed by atoms with van der Waals surface area (Å²) in [7, 11) is 1.61. The molecule has 1 atom stereocenters. The summed E-state index contributed by atoms with van der Waals surface area (Å²) in [5, 5.41) is 14.6. The molecule has 5 rings (SSSR count). The molecule has 1 heterocycles. The first kappa shape index (κ1) is 32.0.